The van der Waals surface area contributed by atoms with Crippen molar-refractivity contribution in [2.24, 2.45) is 17.1 Å². The van der Waals surface area contributed by atoms with Crippen LogP contribution < -0.4 is 15.8 Å². The van der Waals surface area contributed by atoms with Gasteiger partial charge in [0, 0.05) is 6.54 Å². The number of nitrogens with two attached hydrogens (primary N) is 1. The van der Waals surface area contributed by atoms with Gasteiger partial charge in [-0.15, -0.1) is 0 Å². The molecule has 1 atom stereocenters. The van der Waals surface area contributed by atoms with Crippen LogP contribution in [-0.4, -0.2) is 18.3 Å². The predicted molar refractivity (Wildman–Crippen MR) is 102 cm³/mol. The summed E-state index contributed by atoms with van der Waals surface area (Å²) in [6.07, 6.45) is 1.13. The molecule has 1 saturated carbocycles. The number of fused-ring (bicyclic) bond motifs is 1. The molecule has 0 aromatic heterocycles. The highest BCUT2D eigenvalue weighted by Gasteiger charge is 2.54. The Labute approximate surface area is 163 Å². The summed E-state index contributed by atoms with van der Waals surface area (Å²) in [7, 11) is 0. The Balaban J connectivity index is 1.72. The van der Waals surface area contributed by atoms with E-state index in [4.69, 9.17) is 22.1 Å². The van der Waals surface area contributed by atoms with Gasteiger partial charge in [-0.1, -0.05) is 25.4 Å². The predicted octanol–water partition coefficient (Wildman–Crippen LogP) is 5.27. The molecule has 1 unspecified atom stereocenters. The lowest BCUT2D eigenvalue weighted by atomic mass is 9.62. The largest absolute Gasteiger partial charge is 0.489 e. The third-order valence-electron chi connectivity index (χ3n) is 6.15. The van der Waals surface area contributed by atoms with Gasteiger partial charge in [-0.05, 0) is 72.6 Å². The number of ether oxygens (including phenoxy) is 1. The molecule has 3 N–H and O–H groups in total. The van der Waals surface area contributed by atoms with Crippen LogP contribution in [0.1, 0.15) is 50.7 Å². The topological polar surface area (TPSA) is 47.3 Å². The molecule has 1 fully saturated rings. The molecule has 0 bridgehead atoms. The van der Waals surface area contributed by atoms with Gasteiger partial charge in [-0.2, -0.15) is 13.2 Å². The summed E-state index contributed by atoms with van der Waals surface area (Å²) in [4.78, 5) is 0. The molecule has 1 heterocycles. The number of alkyl halides is 3. The van der Waals surface area contributed by atoms with Gasteiger partial charge in [-0.25, -0.2) is 0 Å². The van der Waals surface area contributed by atoms with Gasteiger partial charge in [0.2, 0.25) is 0 Å². The lowest BCUT2D eigenvalue weighted by molar-refractivity contribution is -0.189. The van der Waals surface area contributed by atoms with Crippen LogP contribution in [-0.2, 0) is 6.54 Å². The van der Waals surface area contributed by atoms with E-state index in [0.717, 1.165) is 11.1 Å². The summed E-state index contributed by atoms with van der Waals surface area (Å²) in [6.45, 7) is 4.36. The van der Waals surface area contributed by atoms with Crippen molar-refractivity contribution in [3.8, 4) is 5.75 Å². The maximum atomic E-state index is 13.3. The fourth-order valence-electron chi connectivity index (χ4n) is 4.33. The average Bonchev–Trinajstić information content (AvgIpc) is 2.61. The van der Waals surface area contributed by atoms with E-state index in [1.807, 2.05) is 38.3 Å². The van der Waals surface area contributed by atoms with E-state index in [2.05, 4.69) is 5.32 Å². The van der Waals surface area contributed by atoms with Crippen molar-refractivity contribution in [3.63, 3.8) is 0 Å². The highest BCUT2D eigenvalue weighted by molar-refractivity contribution is 6.32. The van der Waals surface area contributed by atoms with Crippen LogP contribution in [0.5, 0.6) is 5.75 Å². The first-order valence-corrected chi connectivity index (χ1v) is 9.72. The summed E-state index contributed by atoms with van der Waals surface area (Å²) >= 11 is 6.35. The van der Waals surface area contributed by atoms with E-state index in [1.165, 1.54) is 0 Å². The number of hydrogen-bond donors (Lipinski definition) is 2. The van der Waals surface area contributed by atoms with Crippen LogP contribution in [0.3, 0.4) is 0 Å². The number of nitrogens with one attached hydrogen (secondary N) is 1. The molecular formula is C20H26ClF3N2O. The average molecular weight is 403 g/mol. The van der Waals surface area contributed by atoms with Crippen molar-refractivity contribution in [1.82, 2.24) is 5.32 Å². The molecular weight excluding hydrogens is 377 g/mol. The van der Waals surface area contributed by atoms with E-state index in [-0.39, 0.29) is 12.0 Å². The smallest absolute Gasteiger partial charge is 0.404 e. The second-order valence-electron chi connectivity index (χ2n) is 7.92. The normalized spacial score (nSPS) is 26.4. The third kappa shape index (κ3) is 4.06. The van der Waals surface area contributed by atoms with Crippen LogP contribution in [0.2, 0.25) is 5.02 Å². The lowest BCUT2D eigenvalue weighted by Gasteiger charge is -2.47. The zero-order valence-electron chi connectivity index (χ0n) is 15.6. The Morgan fingerprint density at radius 3 is 2.52 bits per heavy atom. The first-order valence-electron chi connectivity index (χ1n) is 9.35. The second kappa shape index (κ2) is 7.55. The van der Waals surface area contributed by atoms with Gasteiger partial charge >= 0.3 is 6.18 Å². The van der Waals surface area contributed by atoms with Crippen LogP contribution in [0.15, 0.2) is 18.3 Å². The summed E-state index contributed by atoms with van der Waals surface area (Å²) in [6, 6.07) is 1.97. The third-order valence-corrected chi connectivity index (χ3v) is 6.44. The van der Waals surface area contributed by atoms with Crippen LogP contribution in [0.25, 0.3) is 6.08 Å². The maximum Gasteiger partial charge on any atom is 0.404 e. The SMILES string of the molecule is CC(C)C1(C(N)C(F)(F)F)CCC(Oc2cc3c(cc2Cl)CNC=C3)CC1. The highest BCUT2D eigenvalue weighted by atomic mass is 35.5. The zero-order chi connectivity index (χ0) is 19.8. The van der Waals surface area contributed by atoms with Crippen molar-refractivity contribution in [2.45, 2.75) is 64.4 Å². The Kier molecular flexibility index (Phi) is 5.69. The monoisotopic (exact) mass is 402 g/mol. The first-order chi connectivity index (χ1) is 12.6. The van der Waals surface area contributed by atoms with Crippen molar-refractivity contribution in [1.29, 1.82) is 0 Å². The van der Waals surface area contributed by atoms with Crippen LogP contribution in [0, 0.1) is 11.3 Å². The molecule has 7 heteroatoms. The van der Waals surface area contributed by atoms with Crippen molar-refractivity contribution in [2.75, 3.05) is 0 Å². The van der Waals surface area contributed by atoms with Gasteiger partial charge in [-0.3, -0.25) is 0 Å². The van der Waals surface area contributed by atoms with E-state index in [0.29, 0.717) is 43.0 Å². The molecule has 2 aliphatic rings. The fourth-order valence-corrected chi connectivity index (χ4v) is 4.56. The van der Waals surface area contributed by atoms with Crippen molar-refractivity contribution >= 4 is 17.7 Å². The number of hydrogen-bond acceptors (Lipinski definition) is 3. The number of halogens is 4. The van der Waals surface area contributed by atoms with Gasteiger partial charge in [0.1, 0.15) is 11.8 Å². The van der Waals surface area contributed by atoms with Crippen molar-refractivity contribution < 1.29 is 17.9 Å². The fraction of sp³-hybridized carbons (Fsp3) is 0.600. The number of benzene rings is 1. The quantitative estimate of drug-likeness (QED) is 0.721. The molecule has 0 saturated heterocycles. The van der Waals surface area contributed by atoms with Gasteiger partial charge in [0.25, 0.3) is 0 Å². The van der Waals surface area contributed by atoms with Gasteiger partial charge in [0.15, 0.2) is 0 Å². The van der Waals surface area contributed by atoms with Gasteiger partial charge < -0.3 is 15.8 Å². The maximum absolute atomic E-state index is 13.3. The van der Waals surface area contributed by atoms with Crippen LogP contribution >= 0.6 is 11.6 Å². The lowest BCUT2D eigenvalue weighted by Crippen LogP contribution is -2.56. The Morgan fingerprint density at radius 2 is 1.93 bits per heavy atom. The summed E-state index contributed by atoms with van der Waals surface area (Å²) in [5.74, 6) is 0.434. The Morgan fingerprint density at radius 1 is 1.26 bits per heavy atom. The molecule has 3 nitrogen and oxygen atoms in total. The van der Waals surface area contributed by atoms with E-state index in [9.17, 15) is 13.2 Å². The molecule has 1 aromatic rings. The molecule has 150 valence electrons. The summed E-state index contributed by atoms with van der Waals surface area (Å²) in [5.41, 5.74) is 6.85. The standard InChI is InChI=1S/C20H26ClF3N2O/c1-12(2)19(18(25)20(22,23)24)6-3-15(4-7-19)27-17-10-13-5-8-26-11-14(13)9-16(17)21/h5,8-10,12,15,18,26H,3-4,6-7,11,25H2,1-2H3. The minimum Gasteiger partial charge on any atom is -0.489 e. The second-order valence-corrected chi connectivity index (χ2v) is 8.33. The molecule has 0 spiro atoms. The summed E-state index contributed by atoms with van der Waals surface area (Å²) < 4.78 is 46.0. The van der Waals surface area contributed by atoms with E-state index in [1.54, 1.807) is 0 Å². The Bertz CT molecular complexity index is 710. The highest BCUT2D eigenvalue weighted by Crippen LogP contribution is 2.49. The Hall–Kier alpha value is -1.40. The minimum atomic E-state index is -4.39. The van der Waals surface area contributed by atoms with Crippen LogP contribution in [0.4, 0.5) is 13.2 Å². The number of rotatable bonds is 4. The molecule has 1 aliphatic heterocycles. The van der Waals surface area contributed by atoms with E-state index < -0.39 is 17.6 Å². The summed E-state index contributed by atoms with van der Waals surface area (Å²) in [5, 5.41) is 3.65. The van der Waals surface area contributed by atoms with Crippen molar-refractivity contribution in [3.05, 3.63) is 34.5 Å². The molecule has 1 aromatic carbocycles. The zero-order valence-corrected chi connectivity index (χ0v) is 16.3. The molecule has 0 amide bonds. The van der Waals surface area contributed by atoms with Gasteiger partial charge in [0.05, 0.1) is 11.1 Å². The minimum absolute atomic E-state index is 0.153. The molecule has 1 aliphatic carbocycles. The molecule has 3 rings (SSSR count). The molecule has 0 radical (unpaired) electrons. The molecule has 27 heavy (non-hydrogen) atoms. The first kappa shape index (κ1) is 20.3. The van der Waals surface area contributed by atoms with E-state index >= 15 is 0 Å².